The first kappa shape index (κ1) is 37.2. The number of rotatable bonds is 8. The van der Waals surface area contributed by atoms with E-state index in [1.165, 1.54) is 77.2 Å². The molecule has 0 amide bonds. The predicted octanol–water partition coefficient (Wildman–Crippen LogP) is 15.0. The van der Waals surface area contributed by atoms with Gasteiger partial charge in [-0.1, -0.05) is 109 Å². The first-order valence-corrected chi connectivity index (χ1v) is 26.7. The molecule has 0 saturated carbocycles. The van der Waals surface area contributed by atoms with Gasteiger partial charge < -0.3 is 8.83 Å². The minimum absolute atomic E-state index is 0.261. The molecule has 0 spiro atoms. The molecule has 0 saturated heterocycles. The molecule has 272 valence electrons. The summed E-state index contributed by atoms with van der Waals surface area (Å²) >= 11 is -0.826. The maximum absolute atomic E-state index is 6.33. The molecule has 0 fully saturated rings. The second kappa shape index (κ2) is 16.2. The van der Waals surface area contributed by atoms with Crippen molar-refractivity contribution in [3.63, 3.8) is 0 Å². The van der Waals surface area contributed by atoms with Crippen LogP contribution in [0.1, 0.15) is 57.1 Å². The second-order valence-electron chi connectivity index (χ2n) is 14.6. The molecule has 2 nitrogen and oxygen atoms in total. The van der Waals surface area contributed by atoms with E-state index in [2.05, 4.69) is 158 Å². The van der Waals surface area contributed by atoms with Crippen LogP contribution in [0.3, 0.4) is 0 Å². The summed E-state index contributed by atoms with van der Waals surface area (Å²) in [5.74, 6) is 4.38. The van der Waals surface area contributed by atoms with Gasteiger partial charge in [0.25, 0.3) is 0 Å². The third-order valence-corrected chi connectivity index (χ3v) is 12.6. The van der Waals surface area contributed by atoms with Crippen molar-refractivity contribution in [2.75, 3.05) is 0 Å². The molecule has 2 aromatic heterocycles. The van der Waals surface area contributed by atoms with E-state index >= 15 is 0 Å². The molecule has 0 N–H and O–H groups in total. The Labute approximate surface area is 349 Å². The van der Waals surface area contributed by atoms with Crippen LogP contribution in [-0.4, -0.2) is 9.52 Å². The second-order valence-corrected chi connectivity index (χ2v) is 19.6. The van der Waals surface area contributed by atoms with Crippen molar-refractivity contribution in [1.29, 1.82) is 0 Å². The van der Waals surface area contributed by atoms with E-state index in [0.717, 1.165) is 44.6 Å². The van der Waals surface area contributed by atoms with Gasteiger partial charge in [-0.2, -0.15) is 0 Å². The van der Waals surface area contributed by atoms with Crippen molar-refractivity contribution >= 4 is 71.4 Å². The summed E-state index contributed by atoms with van der Waals surface area (Å²) in [6.45, 7) is 4.08. The molecule has 6 aromatic carbocycles. The third kappa shape index (κ3) is 7.18. The summed E-state index contributed by atoms with van der Waals surface area (Å²) < 4.78 is 12.7. The number of allylic oxidation sites excluding steroid dienone is 2. The molecule has 2 heterocycles. The number of furan rings is 2. The standard InChI is InChI=1S/C50H38O2Si.2ClH.Zr/c1-31-17-23-49(51-31)45-27-43-39(37-21-19-33-9-3-5-11-35(33)25-37)13-7-15-41(43)47(45)29-53-30-48-42-16-8-14-40(38-22-20-34-10-4-6-12-36(34)26-38)44(42)28-46(48)50-24-18-32(2)52-50;;;/h3-28,47-48H,29-30H2,1-2H3;2*1H;/q;;;+2/p-2. The van der Waals surface area contributed by atoms with Gasteiger partial charge in [0, 0.05) is 32.5 Å². The third-order valence-electron chi connectivity index (χ3n) is 11.2. The van der Waals surface area contributed by atoms with Crippen LogP contribution in [0.4, 0.5) is 0 Å². The van der Waals surface area contributed by atoms with E-state index in [1.807, 2.05) is 13.8 Å². The molecule has 6 heteroatoms. The molecule has 2 radical (unpaired) electrons. The molecule has 2 unspecified atom stereocenters. The van der Waals surface area contributed by atoms with Crippen LogP contribution in [0, 0.1) is 13.8 Å². The Bertz CT molecular complexity index is 2600. The van der Waals surface area contributed by atoms with Crippen molar-refractivity contribution < 1.29 is 29.7 Å². The number of hydrogen-bond donors (Lipinski definition) is 0. The monoisotopic (exact) mass is 858 g/mol. The van der Waals surface area contributed by atoms with Crippen molar-refractivity contribution in [2.45, 2.75) is 37.8 Å². The van der Waals surface area contributed by atoms with Gasteiger partial charge in [0.2, 0.25) is 0 Å². The Morgan fingerprint density at radius 3 is 1.34 bits per heavy atom. The van der Waals surface area contributed by atoms with E-state index in [0.29, 0.717) is 0 Å². The summed E-state index contributed by atoms with van der Waals surface area (Å²) in [6, 6.07) is 55.2. The molecule has 2 atom stereocenters. The molecule has 0 bridgehead atoms. The Hall–Kier alpha value is -4.44. The van der Waals surface area contributed by atoms with Gasteiger partial charge in [-0.25, -0.2) is 0 Å². The molecule has 8 aromatic rings. The van der Waals surface area contributed by atoms with Crippen molar-refractivity contribution in [2.24, 2.45) is 0 Å². The Kier molecular flexibility index (Phi) is 10.7. The SMILES string of the molecule is Cc1ccc(C2=Cc3c(-c4ccc5ccccc5c4)cccc3C2C[Si]CC2C(c3ccc(C)o3)=Cc3c(-c4ccc5ccccc5c4)cccc32)o1.[Cl][Zr][Cl]. The zero-order valence-corrected chi connectivity index (χ0v) is 36.1. The topological polar surface area (TPSA) is 26.3 Å². The summed E-state index contributed by atoms with van der Waals surface area (Å²) in [5.41, 5.74) is 13.1. The summed E-state index contributed by atoms with van der Waals surface area (Å²) in [4.78, 5) is 0. The van der Waals surface area contributed by atoms with Gasteiger partial charge in [-0.15, -0.1) is 0 Å². The normalized spacial score (nSPS) is 15.6. The van der Waals surface area contributed by atoms with E-state index < -0.39 is 20.8 Å². The van der Waals surface area contributed by atoms with E-state index in [1.54, 1.807) is 0 Å². The van der Waals surface area contributed by atoms with Crippen LogP contribution in [0.25, 0.3) is 67.1 Å². The first-order chi connectivity index (χ1) is 27.5. The number of hydrogen-bond acceptors (Lipinski definition) is 2. The maximum atomic E-state index is 6.33. The zero-order valence-electron chi connectivity index (χ0n) is 31.2. The summed E-state index contributed by atoms with van der Waals surface area (Å²) in [7, 11) is 10.6. The average Bonchev–Trinajstić information content (AvgIpc) is 4.03. The molecular formula is C50H38Cl2O2SiZr. The molecule has 10 rings (SSSR count). The van der Waals surface area contributed by atoms with Crippen LogP contribution in [-0.2, 0) is 20.8 Å². The van der Waals surface area contributed by atoms with E-state index in [9.17, 15) is 0 Å². The number of aryl methyl sites for hydroxylation is 2. The minimum atomic E-state index is -0.826. The fourth-order valence-electron chi connectivity index (χ4n) is 8.64. The van der Waals surface area contributed by atoms with Crippen LogP contribution >= 0.6 is 17.0 Å². The molecule has 0 aliphatic heterocycles. The first-order valence-electron chi connectivity index (χ1n) is 19.0. The summed E-state index contributed by atoms with van der Waals surface area (Å²) in [6.07, 6.45) is 4.82. The number of halogens is 2. The fourth-order valence-corrected chi connectivity index (χ4v) is 10.3. The van der Waals surface area contributed by atoms with E-state index in [-0.39, 0.29) is 11.8 Å². The van der Waals surface area contributed by atoms with Gasteiger partial charge in [0.05, 0.1) is 0 Å². The fraction of sp³-hybridized carbons (Fsp3) is 0.120. The van der Waals surface area contributed by atoms with Crippen molar-refractivity contribution in [3.05, 3.63) is 191 Å². The van der Waals surface area contributed by atoms with Crippen LogP contribution in [0.5, 0.6) is 0 Å². The molecule has 2 aliphatic rings. The van der Waals surface area contributed by atoms with Crippen molar-refractivity contribution in [1.82, 2.24) is 0 Å². The van der Waals surface area contributed by atoms with Crippen LogP contribution in [0.15, 0.2) is 154 Å². The number of benzene rings is 6. The Balaban J connectivity index is 0.00000133. The molecular weight excluding hydrogens is 823 g/mol. The van der Waals surface area contributed by atoms with Crippen LogP contribution in [0.2, 0.25) is 12.1 Å². The molecule has 2 aliphatic carbocycles. The van der Waals surface area contributed by atoms with Gasteiger partial charge in [-0.3, -0.25) is 0 Å². The zero-order chi connectivity index (χ0) is 38.2. The van der Waals surface area contributed by atoms with Gasteiger partial charge in [-0.05, 0) is 141 Å². The van der Waals surface area contributed by atoms with Gasteiger partial charge >= 0.3 is 37.9 Å². The van der Waals surface area contributed by atoms with Gasteiger partial charge in [0.15, 0.2) is 0 Å². The Morgan fingerprint density at radius 2 is 0.929 bits per heavy atom. The number of fused-ring (bicyclic) bond motifs is 4. The molecule has 56 heavy (non-hydrogen) atoms. The average molecular weight is 861 g/mol. The summed E-state index contributed by atoms with van der Waals surface area (Å²) in [5, 5.41) is 5.06. The van der Waals surface area contributed by atoms with Crippen LogP contribution < -0.4 is 0 Å². The van der Waals surface area contributed by atoms with Crippen molar-refractivity contribution in [3.8, 4) is 22.3 Å². The van der Waals surface area contributed by atoms with Gasteiger partial charge in [0.1, 0.15) is 23.0 Å². The predicted molar refractivity (Wildman–Crippen MR) is 234 cm³/mol. The van der Waals surface area contributed by atoms with E-state index in [4.69, 9.17) is 25.9 Å². The Morgan fingerprint density at radius 1 is 0.500 bits per heavy atom. The quantitative estimate of drug-likeness (QED) is 0.142.